The van der Waals surface area contributed by atoms with Crippen LogP contribution in [0, 0.1) is 0 Å². The van der Waals surface area contributed by atoms with E-state index in [0.717, 1.165) is 4.47 Å². The van der Waals surface area contributed by atoms with Gasteiger partial charge >= 0.3 is 0 Å². The quantitative estimate of drug-likeness (QED) is 0.866. The van der Waals surface area contributed by atoms with Crippen LogP contribution < -0.4 is 15.0 Å². The Morgan fingerprint density at radius 3 is 2.96 bits per heavy atom. The molecule has 118 valence electrons. The molecule has 0 unspecified atom stereocenters. The number of carbonyl (C=O) groups is 2. The summed E-state index contributed by atoms with van der Waals surface area (Å²) in [7, 11) is 0. The summed E-state index contributed by atoms with van der Waals surface area (Å²) in [5, 5.41) is 3.10. The standard InChI is InChI=1S/C15H11BrClN3O3/c16-9-1-3-11-12(5-9)23-8-15(22)20(11)7-14(21)19-13-4-2-10(17)6-18-13/h1-6H,7-8H2,(H,18,19,21). The zero-order valence-electron chi connectivity index (χ0n) is 11.8. The molecule has 8 heteroatoms. The number of amides is 2. The molecule has 0 saturated heterocycles. The Hall–Kier alpha value is -2.12. The minimum Gasteiger partial charge on any atom is -0.482 e. The molecule has 1 aliphatic rings. The first-order valence-corrected chi connectivity index (χ1v) is 7.84. The van der Waals surface area contributed by atoms with Crippen LogP contribution >= 0.6 is 27.5 Å². The first kappa shape index (κ1) is 15.8. The van der Waals surface area contributed by atoms with E-state index in [1.54, 1.807) is 30.3 Å². The highest BCUT2D eigenvalue weighted by molar-refractivity contribution is 9.10. The summed E-state index contributed by atoms with van der Waals surface area (Å²) in [5.41, 5.74) is 0.559. The topological polar surface area (TPSA) is 71.5 Å². The van der Waals surface area contributed by atoms with Crippen LogP contribution in [0.2, 0.25) is 5.02 Å². The monoisotopic (exact) mass is 395 g/mol. The van der Waals surface area contributed by atoms with Crippen molar-refractivity contribution >= 4 is 50.9 Å². The fourth-order valence-corrected chi connectivity index (χ4v) is 2.58. The number of pyridine rings is 1. The largest absolute Gasteiger partial charge is 0.482 e. The maximum Gasteiger partial charge on any atom is 0.265 e. The van der Waals surface area contributed by atoms with Crippen molar-refractivity contribution in [2.75, 3.05) is 23.4 Å². The highest BCUT2D eigenvalue weighted by atomic mass is 79.9. The van der Waals surface area contributed by atoms with Crippen LogP contribution in [0.25, 0.3) is 0 Å². The lowest BCUT2D eigenvalue weighted by atomic mass is 10.2. The van der Waals surface area contributed by atoms with Crippen LogP contribution in [0.3, 0.4) is 0 Å². The molecule has 3 rings (SSSR count). The summed E-state index contributed by atoms with van der Waals surface area (Å²) < 4.78 is 6.21. The number of carbonyl (C=O) groups excluding carboxylic acids is 2. The normalized spacial score (nSPS) is 13.3. The van der Waals surface area contributed by atoms with Gasteiger partial charge in [0.25, 0.3) is 5.91 Å². The van der Waals surface area contributed by atoms with Gasteiger partial charge in [-0.05, 0) is 30.3 Å². The van der Waals surface area contributed by atoms with Crippen LogP contribution in [0.1, 0.15) is 0 Å². The zero-order valence-corrected chi connectivity index (χ0v) is 14.1. The molecule has 23 heavy (non-hydrogen) atoms. The summed E-state index contributed by atoms with van der Waals surface area (Å²) >= 11 is 9.09. The van der Waals surface area contributed by atoms with Gasteiger partial charge in [-0.2, -0.15) is 0 Å². The summed E-state index contributed by atoms with van der Waals surface area (Å²) in [4.78, 5) is 29.6. The van der Waals surface area contributed by atoms with Crippen LogP contribution in [0.5, 0.6) is 5.75 Å². The fraction of sp³-hybridized carbons (Fsp3) is 0.133. The molecule has 0 saturated carbocycles. The Morgan fingerprint density at radius 2 is 2.22 bits per heavy atom. The zero-order chi connectivity index (χ0) is 16.4. The average Bonchev–Trinajstić information content (AvgIpc) is 2.52. The van der Waals surface area contributed by atoms with Crippen LogP contribution in [-0.2, 0) is 9.59 Å². The summed E-state index contributed by atoms with van der Waals surface area (Å²) in [5.74, 6) is 0.288. The van der Waals surface area contributed by atoms with Gasteiger partial charge in [0.15, 0.2) is 6.61 Å². The SMILES string of the molecule is O=C(CN1C(=O)COc2cc(Br)ccc21)Nc1ccc(Cl)cn1. The van der Waals surface area contributed by atoms with Crippen molar-refractivity contribution in [3.8, 4) is 5.75 Å². The van der Waals surface area contributed by atoms with Gasteiger partial charge in [-0.15, -0.1) is 0 Å². The molecule has 2 aromatic rings. The molecular formula is C15H11BrClN3O3. The van der Waals surface area contributed by atoms with Gasteiger partial charge in [-0.3, -0.25) is 14.5 Å². The van der Waals surface area contributed by atoms with Gasteiger partial charge in [0.2, 0.25) is 5.91 Å². The number of nitrogens with zero attached hydrogens (tertiary/aromatic N) is 2. The average molecular weight is 397 g/mol. The van der Waals surface area contributed by atoms with E-state index in [-0.39, 0.29) is 25.0 Å². The van der Waals surface area contributed by atoms with E-state index in [1.807, 2.05) is 0 Å². The molecule has 0 bridgehead atoms. The van der Waals surface area contributed by atoms with Crippen molar-refractivity contribution in [3.63, 3.8) is 0 Å². The van der Waals surface area contributed by atoms with Crippen molar-refractivity contribution in [1.82, 2.24) is 4.98 Å². The van der Waals surface area contributed by atoms with Gasteiger partial charge in [-0.25, -0.2) is 4.98 Å². The molecule has 0 atom stereocenters. The molecule has 0 radical (unpaired) electrons. The molecule has 0 fully saturated rings. The lowest BCUT2D eigenvalue weighted by Crippen LogP contribution is -2.43. The number of anilines is 2. The smallest absolute Gasteiger partial charge is 0.265 e. The predicted molar refractivity (Wildman–Crippen MR) is 89.9 cm³/mol. The number of aromatic nitrogens is 1. The number of hydrogen-bond acceptors (Lipinski definition) is 4. The van der Waals surface area contributed by atoms with Crippen molar-refractivity contribution in [1.29, 1.82) is 0 Å². The number of halogens is 2. The molecule has 1 aromatic carbocycles. The first-order valence-electron chi connectivity index (χ1n) is 6.67. The molecule has 2 amide bonds. The molecule has 1 aliphatic heterocycles. The maximum absolute atomic E-state index is 12.2. The first-order chi connectivity index (χ1) is 11.0. The van der Waals surface area contributed by atoms with Gasteiger partial charge in [0.05, 0.1) is 10.7 Å². The third-order valence-electron chi connectivity index (χ3n) is 3.16. The Morgan fingerprint density at radius 1 is 1.39 bits per heavy atom. The highest BCUT2D eigenvalue weighted by Gasteiger charge is 2.27. The van der Waals surface area contributed by atoms with Gasteiger partial charge < -0.3 is 10.1 Å². The number of benzene rings is 1. The third-order valence-corrected chi connectivity index (χ3v) is 3.88. The molecular weight excluding hydrogens is 386 g/mol. The number of fused-ring (bicyclic) bond motifs is 1. The third kappa shape index (κ3) is 3.62. The fourth-order valence-electron chi connectivity index (χ4n) is 2.13. The minimum absolute atomic E-state index is 0.101. The molecule has 0 aliphatic carbocycles. The number of ether oxygens (including phenoxy) is 1. The predicted octanol–water partition coefficient (Wildman–Crippen LogP) is 2.86. The van der Waals surface area contributed by atoms with E-state index >= 15 is 0 Å². The van der Waals surface area contributed by atoms with Crippen molar-refractivity contribution < 1.29 is 14.3 Å². The minimum atomic E-state index is -0.357. The summed E-state index contributed by atoms with van der Waals surface area (Å²) in [6.07, 6.45) is 1.43. The van der Waals surface area contributed by atoms with Crippen molar-refractivity contribution in [2.24, 2.45) is 0 Å². The van der Waals surface area contributed by atoms with Crippen LogP contribution in [0.4, 0.5) is 11.5 Å². The van der Waals surface area contributed by atoms with Crippen LogP contribution in [-0.4, -0.2) is 29.9 Å². The summed E-state index contributed by atoms with van der Waals surface area (Å²) in [6, 6.07) is 8.48. The van der Waals surface area contributed by atoms with Crippen molar-refractivity contribution in [3.05, 3.63) is 46.0 Å². The second-order valence-electron chi connectivity index (χ2n) is 4.79. The molecule has 1 aromatic heterocycles. The van der Waals surface area contributed by atoms with E-state index in [1.165, 1.54) is 11.1 Å². The Bertz CT molecular complexity index is 767. The van der Waals surface area contributed by atoms with E-state index in [2.05, 4.69) is 26.2 Å². The van der Waals surface area contributed by atoms with Crippen LogP contribution in [0.15, 0.2) is 41.0 Å². The van der Waals surface area contributed by atoms with E-state index in [4.69, 9.17) is 16.3 Å². The van der Waals surface area contributed by atoms with E-state index < -0.39 is 0 Å². The van der Waals surface area contributed by atoms with Gasteiger partial charge in [-0.1, -0.05) is 27.5 Å². The van der Waals surface area contributed by atoms with Gasteiger partial charge in [0.1, 0.15) is 18.1 Å². The van der Waals surface area contributed by atoms with E-state index in [0.29, 0.717) is 22.3 Å². The van der Waals surface area contributed by atoms with E-state index in [9.17, 15) is 9.59 Å². The Kier molecular flexibility index (Phi) is 4.49. The molecule has 1 N–H and O–H groups in total. The lowest BCUT2D eigenvalue weighted by molar-refractivity contribution is -0.123. The highest BCUT2D eigenvalue weighted by Crippen LogP contribution is 2.34. The Balaban J connectivity index is 1.75. The van der Waals surface area contributed by atoms with Crippen molar-refractivity contribution in [2.45, 2.75) is 0 Å². The lowest BCUT2D eigenvalue weighted by Gasteiger charge is -2.28. The number of nitrogens with one attached hydrogen (secondary N) is 1. The molecule has 0 spiro atoms. The maximum atomic E-state index is 12.2. The molecule has 2 heterocycles. The Labute approximate surface area is 145 Å². The van der Waals surface area contributed by atoms with Gasteiger partial charge in [0, 0.05) is 10.7 Å². The molecule has 6 nitrogen and oxygen atoms in total. The second-order valence-corrected chi connectivity index (χ2v) is 6.14. The second kappa shape index (κ2) is 6.55. The number of rotatable bonds is 3. The summed E-state index contributed by atoms with van der Waals surface area (Å²) in [6.45, 7) is -0.225. The number of hydrogen-bond donors (Lipinski definition) is 1.